The van der Waals surface area contributed by atoms with Crippen molar-refractivity contribution in [3.05, 3.63) is 78.9 Å². The molecule has 0 saturated carbocycles. The monoisotopic (exact) mass is 377 g/mol. The molecule has 0 amide bonds. The van der Waals surface area contributed by atoms with Gasteiger partial charge in [0.1, 0.15) is 11.6 Å². The number of rotatable bonds is 4. The van der Waals surface area contributed by atoms with Crippen molar-refractivity contribution in [2.24, 2.45) is 0 Å². The molecule has 0 spiro atoms. The van der Waals surface area contributed by atoms with E-state index in [1.165, 1.54) is 24.7 Å². The van der Waals surface area contributed by atoms with Gasteiger partial charge in [0.15, 0.2) is 0 Å². The molecular weight excluding hydrogens is 364 g/mol. The normalized spacial score (nSPS) is 10.6. The summed E-state index contributed by atoms with van der Waals surface area (Å²) in [5.41, 5.74) is 7.50. The van der Waals surface area contributed by atoms with Crippen LogP contribution < -0.4 is 10.5 Å². The molecule has 2 aromatic heterocycles. The molecule has 0 atom stereocenters. The minimum atomic E-state index is -0.705. The van der Waals surface area contributed by atoms with Crippen molar-refractivity contribution in [3.63, 3.8) is 0 Å². The molecule has 8 heteroatoms. The molecule has 0 aliphatic carbocycles. The lowest BCUT2D eigenvalue weighted by atomic mass is 10.0. The predicted octanol–water partition coefficient (Wildman–Crippen LogP) is 4.25. The van der Waals surface area contributed by atoms with Crippen LogP contribution in [0.4, 0.5) is 14.7 Å². The van der Waals surface area contributed by atoms with Gasteiger partial charge in [-0.15, -0.1) is 0 Å². The van der Waals surface area contributed by atoms with Gasteiger partial charge in [-0.25, -0.2) is 19.3 Å². The minimum absolute atomic E-state index is 0.117. The maximum absolute atomic E-state index is 14.7. The Morgan fingerprint density at radius 2 is 1.61 bits per heavy atom. The molecule has 0 saturated heterocycles. The molecule has 0 aliphatic heterocycles. The number of nitrogens with zero attached hydrogens (tertiary/aromatic N) is 4. The molecule has 6 nitrogen and oxygen atoms in total. The Kier molecular flexibility index (Phi) is 4.59. The van der Waals surface area contributed by atoms with Gasteiger partial charge in [0.25, 0.3) is 0 Å². The van der Waals surface area contributed by atoms with E-state index in [-0.39, 0.29) is 12.0 Å². The number of nitrogens with two attached hydrogens (primary N) is 1. The fourth-order valence-corrected chi connectivity index (χ4v) is 2.66. The molecule has 2 N–H and O–H groups in total. The highest BCUT2D eigenvalue weighted by atomic mass is 19.1. The summed E-state index contributed by atoms with van der Waals surface area (Å²) >= 11 is 0. The van der Waals surface area contributed by atoms with Gasteiger partial charge < -0.3 is 10.5 Å². The molecule has 4 rings (SSSR count). The predicted molar refractivity (Wildman–Crippen MR) is 99.3 cm³/mol. The molecule has 138 valence electrons. The third-order valence-corrected chi connectivity index (χ3v) is 3.95. The molecular formula is C20H13F2N5O. The molecule has 0 bridgehead atoms. The Balaban J connectivity index is 1.70. The van der Waals surface area contributed by atoms with Crippen molar-refractivity contribution >= 4 is 5.95 Å². The molecule has 0 radical (unpaired) electrons. The lowest BCUT2D eigenvalue weighted by Gasteiger charge is -2.11. The number of halogens is 2. The van der Waals surface area contributed by atoms with Crippen molar-refractivity contribution in [2.75, 3.05) is 5.73 Å². The highest BCUT2D eigenvalue weighted by Gasteiger charge is 2.13. The van der Waals surface area contributed by atoms with Gasteiger partial charge in [-0.3, -0.25) is 0 Å². The maximum Gasteiger partial charge on any atom is 0.324 e. The topological polar surface area (TPSA) is 86.8 Å². The van der Waals surface area contributed by atoms with Crippen LogP contribution in [0.1, 0.15) is 0 Å². The van der Waals surface area contributed by atoms with Gasteiger partial charge >= 0.3 is 6.01 Å². The van der Waals surface area contributed by atoms with Crippen LogP contribution in [0.15, 0.2) is 67.1 Å². The molecule has 2 heterocycles. The molecule has 0 aliphatic rings. The van der Waals surface area contributed by atoms with E-state index in [1.807, 2.05) is 0 Å². The summed E-state index contributed by atoms with van der Waals surface area (Å²) in [5.74, 6) is -0.672. The summed E-state index contributed by atoms with van der Waals surface area (Å²) < 4.78 is 33.6. The zero-order valence-electron chi connectivity index (χ0n) is 14.4. The number of benzene rings is 2. The SMILES string of the molecule is Nc1ncc(-c2ccc(-c3ccccc3Oc3nccc(F)n3)cc2F)cn1. The zero-order valence-corrected chi connectivity index (χ0v) is 14.4. The highest BCUT2D eigenvalue weighted by molar-refractivity contribution is 5.74. The second-order valence-corrected chi connectivity index (χ2v) is 5.78. The number of aromatic nitrogens is 4. The van der Waals surface area contributed by atoms with Gasteiger partial charge in [-0.1, -0.05) is 30.3 Å². The Morgan fingerprint density at radius 3 is 2.36 bits per heavy atom. The van der Waals surface area contributed by atoms with E-state index in [0.717, 1.165) is 6.07 Å². The number of hydrogen-bond acceptors (Lipinski definition) is 6. The first kappa shape index (κ1) is 17.5. The standard InChI is InChI=1S/C20H13F2N5O/c21-16-9-12(5-6-14(16)13-10-25-19(23)26-11-13)15-3-1-2-4-17(15)28-20-24-8-7-18(22)27-20/h1-11H,(H2,23,25,26). The van der Waals surface area contributed by atoms with Crippen molar-refractivity contribution < 1.29 is 13.5 Å². The van der Waals surface area contributed by atoms with Crippen molar-refractivity contribution in [3.8, 4) is 34.0 Å². The minimum Gasteiger partial charge on any atom is -0.424 e. The first-order chi connectivity index (χ1) is 13.6. The average Bonchev–Trinajstić information content (AvgIpc) is 2.69. The van der Waals surface area contributed by atoms with Gasteiger partial charge in [0.05, 0.1) is 0 Å². The van der Waals surface area contributed by atoms with Crippen molar-refractivity contribution in [1.82, 2.24) is 19.9 Å². The quantitative estimate of drug-likeness (QED) is 0.535. The van der Waals surface area contributed by atoms with Gasteiger partial charge in [-0.2, -0.15) is 9.37 Å². The van der Waals surface area contributed by atoms with Crippen LogP contribution in [0.5, 0.6) is 11.8 Å². The molecule has 0 fully saturated rings. The summed E-state index contributed by atoms with van der Waals surface area (Å²) in [5, 5.41) is 0. The van der Waals surface area contributed by atoms with Gasteiger partial charge in [0.2, 0.25) is 11.9 Å². The number of hydrogen-bond donors (Lipinski definition) is 1. The molecule has 2 aromatic carbocycles. The largest absolute Gasteiger partial charge is 0.424 e. The second kappa shape index (κ2) is 7.36. The van der Waals surface area contributed by atoms with E-state index in [4.69, 9.17) is 10.5 Å². The fraction of sp³-hybridized carbons (Fsp3) is 0. The Labute approximate surface area is 158 Å². The molecule has 28 heavy (non-hydrogen) atoms. The van der Waals surface area contributed by atoms with Gasteiger partial charge in [-0.05, 0) is 17.7 Å². The van der Waals surface area contributed by atoms with E-state index < -0.39 is 11.8 Å². The first-order valence-electron chi connectivity index (χ1n) is 8.23. The Bertz CT molecular complexity index is 1140. The lowest BCUT2D eigenvalue weighted by Crippen LogP contribution is -1.96. The summed E-state index contributed by atoms with van der Waals surface area (Å²) in [7, 11) is 0. The van der Waals surface area contributed by atoms with Crippen molar-refractivity contribution in [1.29, 1.82) is 0 Å². The lowest BCUT2D eigenvalue weighted by molar-refractivity contribution is 0.425. The summed E-state index contributed by atoms with van der Waals surface area (Å²) in [6.07, 6.45) is 4.17. The number of anilines is 1. The van der Waals surface area contributed by atoms with E-state index >= 15 is 0 Å². The fourth-order valence-electron chi connectivity index (χ4n) is 2.66. The van der Waals surface area contributed by atoms with Crippen LogP contribution in [-0.4, -0.2) is 19.9 Å². The third-order valence-electron chi connectivity index (χ3n) is 3.95. The third kappa shape index (κ3) is 3.61. The zero-order chi connectivity index (χ0) is 19.5. The summed E-state index contributed by atoms with van der Waals surface area (Å²) in [6, 6.07) is 12.7. The van der Waals surface area contributed by atoms with Crippen LogP contribution in [0.2, 0.25) is 0 Å². The Morgan fingerprint density at radius 1 is 0.821 bits per heavy atom. The molecule has 0 unspecified atom stereocenters. The van der Waals surface area contributed by atoms with Crippen LogP contribution in [0.25, 0.3) is 22.3 Å². The van der Waals surface area contributed by atoms with E-state index in [9.17, 15) is 8.78 Å². The number of ether oxygens (including phenoxy) is 1. The van der Waals surface area contributed by atoms with Crippen LogP contribution in [0.3, 0.4) is 0 Å². The van der Waals surface area contributed by atoms with E-state index in [0.29, 0.717) is 28.0 Å². The van der Waals surface area contributed by atoms with Crippen LogP contribution in [-0.2, 0) is 0 Å². The highest BCUT2D eigenvalue weighted by Crippen LogP contribution is 2.34. The molecule has 4 aromatic rings. The number of para-hydroxylation sites is 1. The summed E-state index contributed by atoms with van der Waals surface area (Å²) in [6.45, 7) is 0. The number of nitrogen functional groups attached to an aromatic ring is 1. The average molecular weight is 377 g/mol. The summed E-state index contributed by atoms with van der Waals surface area (Å²) in [4.78, 5) is 15.2. The smallest absolute Gasteiger partial charge is 0.324 e. The van der Waals surface area contributed by atoms with Crippen LogP contribution >= 0.6 is 0 Å². The maximum atomic E-state index is 14.7. The first-order valence-corrected chi connectivity index (χ1v) is 8.23. The van der Waals surface area contributed by atoms with Gasteiger partial charge in [0, 0.05) is 41.3 Å². The van der Waals surface area contributed by atoms with Crippen molar-refractivity contribution in [2.45, 2.75) is 0 Å². The Hall–Kier alpha value is -3.94. The second-order valence-electron chi connectivity index (χ2n) is 5.78. The van der Waals surface area contributed by atoms with E-state index in [1.54, 1.807) is 36.4 Å². The van der Waals surface area contributed by atoms with E-state index in [2.05, 4.69) is 19.9 Å². The van der Waals surface area contributed by atoms with Crippen LogP contribution in [0, 0.1) is 11.8 Å².